The first kappa shape index (κ1) is 10.8. The van der Waals surface area contributed by atoms with Gasteiger partial charge in [0.15, 0.2) is 10.8 Å². The number of nitrogens with zero attached hydrogens (tertiary/aromatic N) is 5. The third-order valence-electron chi connectivity index (χ3n) is 2.53. The van der Waals surface area contributed by atoms with Gasteiger partial charge in [-0.15, -0.1) is 11.3 Å². The van der Waals surface area contributed by atoms with Crippen LogP contribution in [0.2, 0.25) is 0 Å². The van der Waals surface area contributed by atoms with Gasteiger partial charge in [0.05, 0.1) is 12.2 Å². The predicted octanol–water partition coefficient (Wildman–Crippen LogP) is 0.735. The number of aromatic nitrogens is 4. The molecular weight excluding hydrogens is 252 g/mol. The average Bonchev–Trinajstić information content (AvgIpc) is 3.03. The Morgan fingerprint density at radius 2 is 2.39 bits per heavy atom. The fourth-order valence-corrected chi connectivity index (χ4v) is 2.46. The van der Waals surface area contributed by atoms with Gasteiger partial charge in [0.2, 0.25) is 5.84 Å². The number of nitrogens with two attached hydrogens (primary N) is 1. The average molecular weight is 262 g/mol. The zero-order valence-corrected chi connectivity index (χ0v) is 10.1. The minimum absolute atomic E-state index is 0.0129. The largest absolute Gasteiger partial charge is 0.409 e. The topological polar surface area (TPSA) is 93.7 Å². The molecule has 7 nitrogen and oxygen atoms in total. The lowest BCUT2D eigenvalue weighted by molar-refractivity contribution is 0.318. The number of oxime groups is 1. The highest BCUT2D eigenvalue weighted by Crippen LogP contribution is 2.12. The van der Waals surface area contributed by atoms with Crippen LogP contribution in [-0.2, 0) is 6.54 Å². The zero-order valence-electron chi connectivity index (χ0n) is 9.26. The monoisotopic (exact) mass is 262 g/mol. The van der Waals surface area contributed by atoms with Crippen LogP contribution in [-0.4, -0.2) is 30.0 Å². The Labute approximate surface area is 106 Å². The van der Waals surface area contributed by atoms with Crippen molar-refractivity contribution in [3.05, 3.63) is 41.7 Å². The molecule has 18 heavy (non-hydrogen) atoms. The predicted molar refractivity (Wildman–Crippen MR) is 66.9 cm³/mol. The van der Waals surface area contributed by atoms with Gasteiger partial charge in [0.25, 0.3) is 0 Å². The fourth-order valence-electron chi connectivity index (χ4n) is 1.74. The Kier molecular flexibility index (Phi) is 2.49. The molecule has 3 heterocycles. The molecule has 0 aliphatic rings. The van der Waals surface area contributed by atoms with Crippen LogP contribution in [0.5, 0.6) is 0 Å². The van der Waals surface area contributed by atoms with Crippen LogP contribution < -0.4 is 5.73 Å². The Morgan fingerprint density at radius 1 is 1.50 bits per heavy atom. The first-order valence-corrected chi connectivity index (χ1v) is 6.06. The second kappa shape index (κ2) is 4.15. The molecule has 0 saturated carbocycles. The second-order valence-corrected chi connectivity index (χ2v) is 4.56. The van der Waals surface area contributed by atoms with Gasteiger partial charge in [-0.25, -0.2) is 9.97 Å². The molecule has 0 amide bonds. The summed E-state index contributed by atoms with van der Waals surface area (Å²) in [5.41, 5.74) is 6.44. The van der Waals surface area contributed by atoms with Gasteiger partial charge >= 0.3 is 0 Å². The minimum atomic E-state index is -0.0129. The van der Waals surface area contributed by atoms with Crippen LogP contribution in [0.25, 0.3) is 4.96 Å². The van der Waals surface area contributed by atoms with Crippen LogP contribution in [0.15, 0.2) is 35.3 Å². The molecule has 0 aliphatic heterocycles. The molecule has 3 aromatic heterocycles. The third kappa shape index (κ3) is 1.72. The van der Waals surface area contributed by atoms with E-state index in [1.54, 1.807) is 28.3 Å². The summed E-state index contributed by atoms with van der Waals surface area (Å²) in [5, 5.41) is 13.6. The van der Waals surface area contributed by atoms with Crippen LogP contribution >= 0.6 is 11.3 Å². The van der Waals surface area contributed by atoms with E-state index >= 15 is 0 Å². The number of amidine groups is 1. The van der Waals surface area contributed by atoms with Crippen LogP contribution in [0.1, 0.15) is 11.5 Å². The summed E-state index contributed by atoms with van der Waals surface area (Å²) in [6.45, 7) is 0.528. The fraction of sp³-hybridized carbons (Fsp3) is 0.100. The van der Waals surface area contributed by atoms with Crippen LogP contribution in [0.3, 0.4) is 0 Å². The van der Waals surface area contributed by atoms with Gasteiger partial charge < -0.3 is 15.5 Å². The van der Waals surface area contributed by atoms with Gasteiger partial charge in [-0.05, 0) is 0 Å². The van der Waals surface area contributed by atoms with E-state index in [4.69, 9.17) is 10.9 Å². The van der Waals surface area contributed by atoms with Gasteiger partial charge in [-0.2, -0.15) is 0 Å². The van der Waals surface area contributed by atoms with Crippen molar-refractivity contribution in [1.82, 2.24) is 18.9 Å². The van der Waals surface area contributed by atoms with Crippen LogP contribution in [0.4, 0.5) is 0 Å². The molecule has 3 aromatic rings. The maximum atomic E-state index is 8.67. The normalized spacial score (nSPS) is 12.3. The first-order chi connectivity index (χ1) is 8.78. The molecule has 3 N–H and O–H groups in total. The van der Waals surface area contributed by atoms with E-state index in [9.17, 15) is 0 Å². The standard InChI is InChI=1S/C10H10N6OS/c11-8(14-17)9-12-1-2-15(9)5-7-6-16-3-4-18-10(16)13-7/h1-4,6,17H,5H2,(H2,11,14). The highest BCUT2D eigenvalue weighted by atomic mass is 32.1. The highest BCUT2D eigenvalue weighted by molar-refractivity contribution is 7.15. The summed E-state index contributed by atoms with van der Waals surface area (Å²) < 4.78 is 3.74. The Morgan fingerprint density at radius 3 is 3.17 bits per heavy atom. The Bertz CT molecular complexity index is 680. The molecule has 0 aliphatic carbocycles. The number of hydrogen-bond acceptors (Lipinski definition) is 5. The quantitative estimate of drug-likeness (QED) is 0.315. The summed E-state index contributed by atoms with van der Waals surface area (Å²) in [7, 11) is 0. The summed E-state index contributed by atoms with van der Waals surface area (Å²) in [6, 6.07) is 0. The zero-order chi connectivity index (χ0) is 12.5. The van der Waals surface area contributed by atoms with E-state index in [-0.39, 0.29) is 5.84 Å². The molecule has 3 rings (SSSR count). The van der Waals surface area contributed by atoms with E-state index in [1.807, 2.05) is 22.2 Å². The molecule has 92 valence electrons. The van der Waals surface area contributed by atoms with Crippen molar-refractivity contribution >= 4 is 22.1 Å². The number of imidazole rings is 2. The highest BCUT2D eigenvalue weighted by Gasteiger charge is 2.10. The van der Waals surface area contributed by atoms with E-state index in [0.29, 0.717) is 12.4 Å². The molecule has 0 spiro atoms. The summed E-state index contributed by atoms with van der Waals surface area (Å²) in [4.78, 5) is 9.44. The Balaban J connectivity index is 1.93. The molecule has 0 unspecified atom stereocenters. The summed E-state index contributed by atoms with van der Waals surface area (Å²) in [5.74, 6) is 0.412. The van der Waals surface area contributed by atoms with Crippen molar-refractivity contribution < 1.29 is 5.21 Å². The second-order valence-electron chi connectivity index (χ2n) is 3.69. The third-order valence-corrected chi connectivity index (χ3v) is 3.30. The van der Waals surface area contributed by atoms with E-state index in [1.165, 1.54) is 0 Å². The summed E-state index contributed by atoms with van der Waals surface area (Å²) in [6.07, 6.45) is 7.27. The van der Waals surface area contributed by atoms with Crippen molar-refractivity contribution in [3.8, 4) is 0 Å². The van der Waals surface area contributed by atoms with Gasteiger partial charge in [0.1, 0.15) is 0 Å². The van der Waals surface area contributed by atoms with E-state index in [2.05, 4.69) is 15.1 Å². The number of fused-ring (bicyclic) bond motifs is 1. The molecule has 0 atom stereocenters. The molecular formula is C10H10N6OS. The van der Waals surface area contributed by atoms with Crippen LogP contribution in [0, 0.1) is 0 Å². The molecule has 8 heteroatoms. The van der Waals surface area contributed by atoms with Gasteiger partial charge in [-0.1, -0.05) is 5.16 Å². The SMILES string of the molecule is N/C(=N/O)c1nccn1Cc1cn2ccsc2n1. The lowest BCUT2D eigenvalue weighted by atomic mass is 10.4. The van der Waals surface area contributed by atoms with Crippen molar-refractivity contribution in [2.24, 2.45) is 10.9 Å². The summed E-state index contributed by atoms with van der Waals surface area (Å²) >= 11 is 1.57. The van der Waals surface area contributed by atoms with Crippen molar-refractivity contribution in [3.63, 3.8) is 0 Å². The number of rotatable bonds is 3. The van der Waals surface area contributed by atoms with Gasteiger partial charge in [0, 0.05) is 30.2 Å². The van der Waals surface area contributed by atoms with Gasteiger partial charge in [-0.3, -0.25) is 4.40 Å². The maximum Gasteiger partial charge on any atom is 0.206 e. The molecule has 0 fully saturated rings. The first-order valence-electron chi connectivity index (χ1n) is 5.18. The molecule has 0 aromatic carbocycles. The van der Waals surface area contributed by atoms with Crippen molar-refractivity contribution in [1.29, 1.82) is 0 Å². The number of hydrogen-bond donors (Lipinski definition) is 2. The Hall–Kier alpha value is -2.35. The smallest absolute Gasteiger partial charge is 0.206 e. The number of thiazole rings is 1. The minimum Gasteiger partial charge on any atom is -0.409 e. The lowest BCUT2D eigenvalue weighted by Crippen LogP contribution is -2.19. The molecule has 0 saturated heterocycles. The van der Waals surface area contributed by atoms with E-state index in [0.717, 1.165) is 10.7 Å². The molecule has 0 bridgehead atoms. The molecule has 0 radical (unpaired) electrons. The van der Waals surface area contributed by atoms with E-state index < -0.39 is 0 Å². The lowest BCUT2D eigenvalue weighted by Gasteiger charge is -2.03. The maximum absolute atomic E-state index is 8.67. The van der Waals surface area contributed by atoms with Crippen molar-refractivity contribution in [2.45, 2.75) is 6.54 Å². The van der Waals surface area contributed by atoms with Crippen molar-refractivity contribution in [2.75, 3.05) is 0 Å².